The first kappa shape index (κ1) is 21.5. The minimum atomic E-state index is -0.0780. The summed E-state index contributed by atoms with van der Waals surface area (Å²) in [4.78, 5) is 39.8. The van der Waals surface area contributed by atoms with E-state index in [2.05, 4.69) is 21.8 Å². The second-order valence-corrected chi connectivity index (χ2v) is 9.08. The van der Waals surface area contributed by atoms with E-state index in [1.54, 1.807) is 23.0 Å². The predicted octanol–water partition coefficient (Wildman–Crippen LogP) is 3.11. The van der Waals surface area contributed by atoms with Gasteiger partial charge in [-0.1, -0.05) is 30.3 Å². The van der Waals surface area contributed by atoms with Crippen LogP contribution in [0.5, 0.6) is 0 Å². The minimum absolute atomic E-state index is 0.0468. The fourth-order valence-corrected chi connectivity index (χ4v) is 5.12. The number of rotatable bonds is 5. The summed E-state index contributed by atoms with van der Waals surface area (Å²) in [7, 11) is 2.16. The van der Waals surface area contributed by atoms with Crippen molar-refractivity contribution < 1.29 is 4.79 Å². The second-order valence-electron chi connectivity index (χ2n) is 9.08. The van der Waals surface area contributed by atoms with Crippen LogP contribution in [0.3, 0.4) is 0 Å². The van der Waals surface area contributed by atoms with E-state index in [9.17, 15) is 9.59 Å². The topological polar surface area (TPSA) is 71.3 Å². The van der Waals surface area contributed by atoms with Crippen LogP contribution >= 0.6 is 0 Å². The molecule has 0 bridgehead atoms. The van der Waals surface area contributed by atoms with Crippen molar-refractivity contribution in [2.24, 2.45) is 5.92 Å². The zero-order valence-corrected chi connectivity index (χ0v) is 18.9. The number of carbonyl (C=O) groups is 1. The zero-order valence-electron chi connectivity index (χ0n) is 18.9. The van der Waals surface area contributed by atoms with Gasteiger partial charge in [-0.25, -0.2) is 4.98 Å². The summed E-state index contributed by atoms with van der Waals surface area (Å²) < 4.78 is 1.73. The van der Waals surface area contributed by atoms with Gasteiger partial charge >= 0.3 is 0 Å². The Labute approximate surface area is 193 Å². The highest BCUT2D eigenvalue weighted by molar-refractivity contribution is 5.99. The molecule has 1 atom stereocenters. The SMILES string of the molecule is CN1CCC(C2CCn3c(nc(-c4ccncc4)cc3=O)N2CC(=O)c2ccccc2)CC1. The molecule has 2 aliphatic rings. The van der Waals surface area contributed by atoms with Crippen LogP contribution in [0.1, 0.15) is 29.6 Å². The lowest BCUT2D eigenvalue weighted by atomic mass is 9.85. The molecule has 2 aromatic heterocycles. The second kappa shape index (κ2) is 9.27. The number of likely N-dealkylation sites (tertiary alicyclic amines) is 1. The van der Waals surface area contributed by atoms with Gasteiger partial charge in [-0.05, 0) is 57.5 Å². The molecule has 1 fully saturated rings. The zero-order chi connectivity index (χ0) is 22.8. The van der Waals surface area contributed by atoms with Gasteiger partial charge in [0.15, 0.2) is 5.78 Å². The molecule has 4 heterocycles. The standard InChI is InChI=1S/C26H29N5O2/c1-29-14-9-20(10-15-29)23-11-16-30-25(33)17-22(19-7-12-27-13-8-19)28-26(30)31(23)18-24(32)21-5-3-2-4-6-21/h2-8,12-13,17,20,23H,9-11,14-16,18H2,1H3. The number of benzene rings is 1. The highest BCUT2D eigenvalue weighted by Crippen LogP contribution is 2.33. The van der Waals surface area contributed by atoms with E-state index in [1.165, 1.54) is 0 Å². The molecule has 0 spiro atoms. The maximum Gasteiger partial charge on any atom is 0.255 e. The van der Waals surface area contributed by atoms with E-state index in [-0.39, 0.29) is 23.9 Å². The maximum atomic E-state index is 13.3. The molecule has 0 amide bonds. The van der Waals surface area contributed by atoms with Gasteiger partial charge in [0.1, 0.15) is 0 Å². The lowest BCUT2D eigenvalue weighted by Gasteiger charge is -2.44. The summed E-state index contributed by atoms with van der Waals surface area (Å²) in [5.74, 6) is 1.12. The summed E-state index contributed by atoms with van der Waals surface area (Å²) in [6.45, 7) is 2.95. The first-order valence-electron chi connectivity index (χ1n) is 11.7. The molecule has 1 unspecified atom stereocenters. The number of Topliss-reactive ketones (excluding diaryl/α,β-unsaturated/α-hetero) is 1. The van der Waals surface area contributed by atoms with Gasteiger partial charge in [-0.2, -0.15) is 0 Å². The molecule has 0 N–H and O–H groups in total. The lowest BCUT2D eigenvalue weighted by molar-refractivity contribution is 0.0986. The summed E-state index contributed by atoms with van der Waals surface area (Å²) in [6.07, 6.45) is 6.43. The average molecular weight is 444 g/mol. The number of piperidine rings is 1. The van der Waals surface area contributed by atoms with E-state index in [1.807, 2.05) is 42.5 Å². The van der Waals surface area contributed by atoms with Crippen LogP contribution in [-0.2, 0) is 6.54 Å². The van der Waals surface area contributed by atoms with Crippen molar-refractivity contribution in [3.05, 3.63) is 76.8 Å². The van der Waals surface area contributed by atoms with E-state index in [4.69, 9.17) is 4.98 Å². The number of pyridine rings is 1. The fraction of sp³-hybridized carbons (Fsp3) is 0.385. The summed E-state index contributed by atoms with van der Waals surface area (Å²) in [5, 5.41) is 0. The molecule has 3 aromatic rings. The van der Waals surface area contributed by atoms with Crippen LogP contribution < -0.4 is 10.5 Å². The van der Waals surface area contributed by atoms with Gasteiger partial charge in [-0.3, -0.25) is 19.1 Å². The molecular formula is C26H29N5O2. The number of aromatic nitrogens is 3. The molecule has 33 heavy (non-hydrogen) atoms. The average Bonchev–Trinajstić information content (AvgIpc) is 2.86. The molecule has 2 aliphatic heterocycles. The monoisotopic (exact) mass is 443 g/mol. The summed E-state index contributed by atoms with van der Waals surface area (Å²) in [5.41, 5.74) is 2.08. The van der Waals surface area contributed by atoms with Crippen LogP contribution in [0.4, 0.5) is 5.95 Å². The lowest BCUT2D eigenvalue weighted by Crippen LogP contribution is -2.52. The number of anilines is 1. The van der Waals surface area contributed by atoms with E-state index in [0.717, 1.165) is 37.9 Å². The van der Waals surface area contributed by atoms with Crippen LogP contribution in [-0.4, -0.2) is 57.9 Å². The highest BCUT2D eigenvalue weighted by atomic mass is 16.1. The predicted molar refractivity (Wildman–Crippen MR) is 128 cm³/mol. The van der Waals surface area contributed by atoms with Gasteiger partial charge < -0.3 is 9.80 Å². The largest absolute Gasteiger partial charge is 0.331 e. The van der Waals surface area contributed by atoms with Crippen molar-refractivity contribution in [1.82, 2.24) is 19.4 Å². The van der Waals surface area contributed by atoms with Gasteiger partial charge in [0, 0.05) is 42.2 Å². The van der Waals surface area contributed by atoms with Crippen molar-refractivity contribution in [2.45, 2.75) is 31.8 Å². The fourth-order valence-electron chi connectivity index (χ4n) is 5.12. The van der Waals surface area contributed by atoms with Gasteiger partial charge in [0.2, 0.25) is 5.95 Å². The molecule has 5 rings (SSSR count). The molecular weight excluding hydrogens is 414 g/mol. The van der Waals surface area contributed by atoms with Crippen molar-refractivity contribution in [3.63, 3.8) is 0 Å². The normalized spacial score (nSPS) is 19.3. The molecule has 0 radical (unpaired) electrons. The number of ketones is 1. The van der Waals surface area contributed by atoms with Crippen molar-refractivity contribution in [3.8, 4) is 11.3 Å². The van der Waals surface area contributed by atoms with Crippen LogP contribution in [0.2, 0.25) is 0 Å². The molecule has 170 valence electrons. The van der Waals surface area contributed by atoms with Gasteiger partial charge in [0.25, 0.3) is 5.56 Å². The first-order chi connectivity index (χ1) is 16.1. The van der Waals surface area contributed by atoms with E-state index >= 15 is 0 Å². The molecule has 1 saturated heterocycles. The third kappa shape index (κ3) is 4.46. The summed E-state index contributed by atoms with van der Waals surface area (Å²) >= 11 is 0. The Balaban J connectivity index is 1.55. The van der Waals surface area contributed by atoms with Crippen molar-refractivity contribution >= 4 is 11.7 Å². The Morgan fingerprint density at radius 2 is 1.73 bits per heavy atom. The van der Waals surface area contributed by atoms with Crippen LogP contribution in [0.15, 0.2) is 65.7 Å². The van der Waals surface area contributed by atoms with E-state index < -0.39 is 0 Å². The number of carbonyl (C=O) groups excluding carboxylic acids is 1. The molecule has 7 nitrogen and oxygen atoms in total. The highest BCUT2D eigenvalue weighted by Gasteiger charge is 2.36. The smallest absolute Gasteiger partial charge is 0.255 e. The number of nitrogens with zero attached hydrogens (tertiary/aromatic N) is 5. The Hall–Kier alpha value is -3.32. The third-order valence-electron chi connectivity index (χ3n) is 6.99. The number of fused-ring (bicyclic) bond motifs is 1. The molecule has 1 aromatic carbocycles. The maximum absolute atomic E-state index is 13.3. The number of hydrogen-bond acceptors (Lipinski definition) is 6. The van der Waals surface area contributed by atoms with Gasteiger partial charge in [0.05, 0.1) is 12.2 Å². The Kier molecular flexibility index (Phi) is 6.05. The van der Waals surface area contributed by atoms with Crippen molar-refractivity contribution in [2.75, 3.05) is 31.6 Å². The molecule has 0 saturated carbocycles. The Morgan fingerprint density at radius 1 is 1.00 bits per heavy atom. The van der Waals surface area contributed by atoms with Crippen LogP contribution in [0, 0.1) is 5.92 Å². The molecule has 0 aliphatic carbocycles. The number of hydrogen-bond donors (Lipinski definition) is 0. The van der Waals surface area contributed by atoms with Gasteiger partial charge in [-0.15, -0.1) is 0 Å². The van der Waals surface area contributed by atoms with E-state index in [0.29, 0.717) is 29.7 Å². The van der Waals surface area contributed by atoms with Crippen LogP contribution in [0.25, 0.3) is 11.3 Å². The Bertz CT molecular complexity index is 1170. The van der Waals surface area contributed by atoms with Crippen molar-refractivity contribution in [1.29, 1.82) is 0 Å². The molecule has 7 heteroatoms. The first-order valence-corrected chi connectivity index (χ1v) is 11.7. The summed E-state index contributed by atoms with van der Waals surface area (Å²) in [6, 6.07) is 14.9. The quantitative estimate of drug-likeness (QED) is 0.565. The Morgan fingerprint density at radius 3 is 2.45 bits per heavy atom. The minimum Gasteiger partial charge on any atom is -0.331 e. The third-order valence-corrected chi connectivity index (χ3v) is 6.99.